The number of methoxy groups -OCH3 is 1. The number of ether oxygens (including phenoxy) is 1. The van der Waals surface area contributed by atoms with Gasteiger partial charge in [0.1, 0.15) is 5.69 Å². The lowest BCUT2D eigenvalue weighted by atomic mass is 10.2. The van der Waals surface area contributed by atoms with E-state index in [1.54, 1.807) is 0 Å². The van der Waals surface area contributed by atoms with Gasteiger partial charge in [0.05, 0.1) is 18.9 Å². The summed E-state index contributed by atoms with van der Waals surface area (Å²) in [6, 6.07) is 5.29. The van der Waals surface area contributed by atoms with Crippen LogP contribution in [0.4, 0.5) is 18.9 Å². The zero-order chi connectivity index (χ0) is 17.2. The van der Waals surface area contributed by atoms with Crippen LogP contribution in [0.5, 0.6) is 5.75 Å². The molecule has 5 nitrogen and oxygen atoms in total. The van der Waals surface area contributed by atoms with Crippen molar-refractivity contribution in [1.82, 2.24) is 4.57 Å². The monoisotopic (exact) mass is 326 g/mol. The molecule has 0 fully saturated rings. The van der Waals surface area contributed by atoms with E-state index in [0.717, 1.165) is 18.2 Å². The van der Waals surface area contributed by atoms with Crippen molar-refractivity contribution >= 4 is 11.6 Å². The first-order valence-electron chi connectivity index (χ1n) is 6.45. The van der Waals surface area contributed by atoms with Crippen LogP contribution in [0.25, 0.3) is 0 Å². The van der Waals surface area contributed by atoms with Gasteiger partial charge in [-0.05, 0) is 18.2 Å². The van der Waals surface area contributed by atoms with Crippen LogP contribution in [0.2, 0.25) is 0 Å². The molecule has 0 aliphatic heterocycles. The summed E-state index contributed by atoms with van der Waals surface area (Å²) < 4.78 is 44.2. The third-order valence-corrected chi connectivity index (χ3v) is 3.10. The number of carbonyl (C=O) groups excluding carboxylic acids is 1. The molecule has 0 saturated carbocycles. The number of nitrogens with zero attached hydrogens (tertiary/aromatic N) is 1. The van der Waals surface area contributed by atoms with Gasteiger partial charge in [-0.3, -0.25) is 9.59 Å². The Balaban J connectivity index is 2.30. The van der Waals surface area contributed by atoms with Gasteiger partial charge in [-0.1, -0.05) is 6.07 Å². The van der Waals surface area contributed by atoms with Crippen LogP contribution in [-0.2, 0) is 13.2 Å². The Hall–Kier alpha value is -2.77. The average Bonchev–Trinajstić information content (AvgIpc) is 2.48. The number of rotatable bonds is 3. The van der Waals surface area contributed by atoms with Gasteiger partial charge in [0, 0.05) is 18.8 Å². The second-order valence-corrected chi connectivity index (χ2v) is 4.73. The molecule has 0 bridgehead atoms. The number of pyridine rings is 1. The van der Waals surface area contributed by atoms with Crippen LogP contribution in [0.3, 0.4) is 0 Å². The standard InChI is InChI=1S/C15H13F3N2O3/c1-20-8-13(23-2)12(21)7-11(20)14(22)19-10-5-3-4-9(6-10)15(16,17)18/h3-8H,1-2H3,(H,19,22). The summed E-state index contributed by atoms with van der Waals surface area (Å²) in [6.07, 6.45) is -3.18. The summed E-state index contributed by atoms with van der Waals surface area (Å²) >= 11 is 0. The van der Waals surface area contributed by atoms with Crippen molar-refractivity contribution in [2.75, 3.05) is 12.4 Å². The molecule has 0 atom stereocenters. The van der Waals surface area contributed by atoms with Gasteiger partial charge in [0.2, 0.25) is 5.43 Å². The molecular formula is C15H13F3N2O3. The van der Waals surface area contributed by atoms with Crippen molar-refractivity contribution in [3.63, 3.8) is 0 Å². The van der Waals surface area contributed by atoms with Gasteiger partial charge < -0.3 is 14.6 Å². The molecular weight excluding hydrogens is 313 g/mol. The number of carbonyl (C=O) groups is 1. The molecule has 1 aromatic heterocycles. The quantitative estimate of drug-likeness (QED) is 0.943. The average molecular weight is 326 g/mol. The molecule has 2 rings (SSSR count). The fraction of sp³-hybridized carbons (Fsp3) is 0.200. The molecule has 122 valence electrons. The minimum Gasteiger partial charge on any atom is -0.491 e. The minimum atomic E-state index is -4.51. The van der Waals surface area contributed by atoms with Gasteiger partial charge in [-0.25, -0.2) is 0 Å². The highest BCUT2D eigenvalue weighted by molar-refractivity contribution is 6.03. The zero-order valence-corrected chi connectivity index (χ0v) is 12.3. The molecule has 2 aromatic rings. The van der Waals surface area contributed by atoms with Crippen molar-refractivity contribution in [1.29, 1.82) is 0 Å². The highest BCUT2D eigenvalue weighted by Gasteiger charge is 2.30. The van der Waals surface area contributed by atoms with E-state index < -0.39 is 23.1 Å². The molecule has 8 heteroatoms. The van der Waals surface area contributed by atoms with E-state index in [9.17, 15) is 22.8 Å². The zero-order valence-electron chi connectivity index (χ0n) is 12.3. The molecule has 1 amide bonds. The van der Waals surface area contributed by atoms with E-state index in [4.69, 9.17) is 4.74 Å². The number of alkyl halides is 3. The Kier molecular flexibility index (Phi) is 4.44. The summed E-state index contributed by atoms with van der Waals surface area (Å²) in [6.45, 7) is 0. The van der Waals surface area contributed by atoms with Crippen LogP contribution in [0.1, 0.15) is 16.1 Å². The van der Waals surface area contributed by atoms with Gasteiger partial charge in [0.15, 0.2) is 5.75 Å². The number of hydrogen-bond acceptors (Lipinski definition) is 3. The van der Waals surface area contributed by atoms with Crippen molar-refractivity contribution in [3.05, 3.63) is 58.0 Å². The topological polar surface area (TPSA) is 60.3 Å². The molecule has 0 spiro atoms. The molecule has 0 aliphatic rings. The SMILES string of the molecule is COc1cn(C)c(C(=O)Nc2cccc(C(F)(F)F)c2)cc1=O. The van der Waals surface area contributed by atoms with E-state index in [1.165, 1.54) is 37.1 Å². The first-order chi connectivity index (χ1) is 10.7. The lowest BCUT2D eigenvalue weighted by molar-refractivity contribution is -0.137. The Morgan fingerprint density at radius 3 is 2.57 bits per heavy atom. The van der Waals surface area contributed by atoms with Gasteiger partial charge in [-0.2, -0.15) is 13.2 Å². The Morgan fingerprint density at radius 1 is 1.26 bits per heavy atom. The molecule has 0 radical (unpaired) electrons. The Bertz CT molecular complexity index is 797. The number of benzene rings is 1. The van der Waals surface area contributed by atoms with Crippen molar-refractivity contribution in [2.45, 2.75) is 6.18 Å². The fourth-order valence-electron chi connectivity index (χ4n) is 1.95. The van der Waals surface area contributed by atoms with Crippen LogP contribution < -0.4 is 15.5 Å². The lowest BCUT2D eigenvalue weighted by Crippen LogP contribution is -2.21. The van der Waals surface area contributed by atoms with E-state index in [-0.39, 0.29) is 17.1 Å². The van der Waals surface area contributed by atoms with E-state index in [0.29, 0.717) is 0 Å². The smallest absolute Gasteiger partial charge is 0.416 e. The minimum absolute atomic E-state index is 0.00629. The van der Waals surface area contributed by atoms with Crippen molar-refractivity contribution in [3.8, 4) is 5.75 Å². The first kappa shape index (κ1) is 16.6. The van der Waals surface area contributed by atoms with Crippen LogP contribution in [0.15, 0.2) is 41.3 Å². The number of nitrogens with one attached hydrogen (secondary N) is 1. The van der Waals surface area contributed by atoms with E-state index >= 15 is 0 Å². The largest absolute Gasteiger partial charge is 0.491 e. The van der Waals surface area contributed by atoms with Crippen LogP contribution in [0, 0.1) is 0 Å². The molecule has 1 N–H and O–H groups in total. The van der Waals surface area contributed by atoms with Crippen LogP contribution >= 0.6 is 0 Å². The molecule has 0 unspecified atom stereocenters. The Morgan fingerprint density at radius 2 is 1.96 bits per heavy atom. The maximum atomic E-state index is 12.7. The number of halogens is 3. The van der Waals surface area contributed by atoms with Crippen molar-refractivity contribution in [2.24, 2.45) is 7.05 Å². The first-order valence-corrected chi connectivity index (χ1v) is 6.45. The maximum Gasteiger partial charge on any atom is 0.416 e. The number of anilines is 1. The summed E-state index contributed by atoms with van der Waals surface area (Å²) in [5.41, 5.74) is -1.40. The third kappa shape index (κ3) is 3.71. The highest BCUT2D eigenvalue weighted by atomic mass is 19.4. The van der Waals surface area contributed by atoms with E-state index in [2.05, 4.69) is 5.32 Å². The predicted octanol–water partition coefficient (Wildman–Crippen LogP) is 2.67. The number of hydrogen-bond donors (Lipinski definition) is 1. The third-order valence-electron chi connectivity index (χ3n) is 3.10. The summed E-state index contributed by atoms with van der Waals surface area (Å²) in [4.78, 5) is 23.9. The number of aromatic nitrogens is 1. The fourth-order valence-corrected chi connectivity index (χ4v) is 1.95. The van der Waals surface area contributed by atoms with E-state index in [1.807, 2.05) is 0 Å². The van der Waals surface area contributed by atoms with Crippen molar-refractivity contribution < 1.29 is 22.7 Å². The summed E-state index contributed by atoms with van der Waals surface area (Å²) in [5, 5.41) is 2.34. The van der Waals surface area contributed by atoms with Crippen LogP contribution in [-0.4, -0.2) is 17.6 Å². The summed E-state index contributed by atoms with van der Waals surface area (Å²) in [5.74, 6) is -0.644. The van der Waals surface area contributed by atoms with Gasteiger partial charge in [-0.15, -0.1) is 0 Å². The predicted molar refractivity (Wildman–Crippen MR) is 77.6 cm³/mol. The lowest BCUT2D eigenvalue weighted by Gasteiger charge is -2.12. The van der Waals surface area contributed by atoms with Gasteiger partial charge in [0.25, 0.3) is 5.91 Å². The Labute approximate surface area is 129 Å². The second-order valence-electron chi connectivity index (χ2n) is 4.73. The normalized spacial score (nSPS) is 11.2. The van der Waals surface area contributed by atoms with Gasteiger partial charge >= 0.3 is 6.18 Å². The molecule has 0 aliphatic carbocycles. The summed E-state index contributed by atoms with van der Waals surface area (Å²) in [7, 11) is 2.84. The second kappa shape index (κ2) is 6.15. The highest BCUT2D eigenvalue weighted by Crippen LogP contribution is 2.30. The number of aryl methyl sites for hydroxylation is 1. The molecule has 0 saturated heterocycles. The molecule has 1 aromatic carbocycles. The maximum absolute atomic E-state index is 12.7. The molecule has 23 heavy (non-hydrogen) atoms. The molecule has 1 heterocycles. The number of amides is 1.